The first-order valence-corrected chi connectivity index (χ1v) is 6.05. The zero-order chi connectivity index (χ0) is 13.5. The molecule has 1 aromatic carbocycles. The van der Waals surface area contributed by atoms with E-state index >= 15 is 0 Å². The van der Waals surface area contributed by atoms with Crippen LogP contribution in [0.2, 0.25) is 0 Å². The van der Waals surface area contributed by atoms with Crippen LogP contribution in [0.5, 0.6) is 0 Å². The SMILES string of the molecule is Cn1c(=O)oc2cc(C(O)CC(C)(C)C)ccc21. The van der Waals surface area contributed by atoms with Gasteiger partial charge in [0.15, 0.2) is 5.58 Å². The van der Waals surface area contributed by atoms with Crippen LogP contribution in [0.1, 0.15) is 38.9 Å². The Morgan fingerprint density at radius 1 is 1.39 bits per heavy atom. The van der Waals surface area contributed by atoms with Crippen molar-refractivity contribution < 1.29 is 9.52 Å². The van der Waals surface area contributed by atoms with Crippen molar-refractivity contribution in [3.8, 4) is 0 Å². The molecule has 0 amide bonds. The lowest BCUT2D eigenvalue weighted by molar-refractivity contribution is 0.122. The summed E-state index contributed by atoms with van der Waals surface area (Å²) in [6, 6.07) is 5.39. The summed E-state index contributed by atoms with van der Waals surface area (Å²) in [6.07, 6.45) is 0.121. The summed E-state index contributed by atoms with van der Waals surface area (Å²) >= 11 is 0. The molecule has 0 fully saturated rings. The van der Waals surface area contributed by atoms with Crippen LogP contribution < -0.4 is 5.76 Å². The molecule has 1 aromatic heterocycles. The minimum absolute atomic E-state index is 0.0475. The lowest BCUT2D eigenvalue weighted by Gasteiger charge is -2.22. The monoisotopic (exact) mass is 249 g/mol. The number of aliphatic hydroxyl groups is 1. The van der Waals surface area contributed by atoms with Gasteiger partial charge in [-0.15, -0.1) is 0 Å². The van der Waals surface area contributed by atoms with Crippen LogP contribution in [0.25, 0.3) is 11.1 Å². The third kappa shape index (κ3) is 2.48. The van der Waals surface area contributed by atoms with Crippen LogP contribution >= 0.6 is 0 Å². The predicted molar refractivity (Wildman–Crippen MR) is 70.5 cm³/mol. The van der Waals surface area contributed by atoms with Crippen LogP contribution in [-0.2, 0) is 7.05 Å². The molecule has 0 aliphatic heterocycles. The summed E-state index contributed by atoms with van der Waals surface area (Å²) in [5, 5.41) is 10.2. The van der Waals surface area contributed by atoms with E-state index < -0.39 is 6.10 Å². The molecule has 4 nitrogen and oxygen atoms in total. The fourth-order valence-electron chi connectivity index (χ4n) is 2.06. The number of fused-ring (bicyclic) bond motifs is 1. The van der Waals surface area contributed by atoms with Crippen molar-refractivity contribution in [1.29, 1.82) is 0 Å². The molecule has 4 heteroatoms. The first-order chi connectivity index (χ1) is 8.28. The Kier molecular flexibility index (Phi) is 3.07. The van der Waals surface area contributed by atoms with Gasteiger partial charge in [0, 0.05) is 7.05 Å². The Balaban J connectivity index is 2.38. The number of benzene rings is 1. The summed E-state index contributed by atoms with van der Waals surface area (Å²) in [4.78, 5) is 11.4. The Morgan fingerprint density at radius 3 is 2.67 bits per heavy atom. The van der Waals surface area contributed by atoms with Crippen molar-refractivity contribution in [3.63, 3.8) is 0 Å². The second-order valence-corrected chi connectivity index (χ2v) is 5.93. The first kappa shape index (κ1) is 12.9. The highest BCUT2D eigenvalue weighted by Crippen LogP contribution is 2.30. The van der Waals surface area contributed by atoms with Gasteiger partial charge >= 0.3 is 5.76 Å². The van der Waals surface area contributed by atoms with E-state index in [-0.39, 0.29) is 11.2 Å². The number of rotatable bonds is 2. The molecule has 0 radical (unpaired) electrons. The van der Waals surface area contributed by atoms with Crippen LogP contribution in [0, 0.1) is 5.41 Å². The van der Waals surface area contributed by atoms with Gasteiger partial charge in [0.05, 0.1) is 11.6 Å². The third-order valence-corrected chi connectivity index (χ3v) is 3.01. The Labute approximate surface area is 106 Å². The van der Waals surface area contributed by atoms with E-state index in [4.69, 9.17) is 4.42 Å². The van der Waals surface area contributed by atoms with E-state index in [2.05, 4.69) is 20.8 Å². The van der Waals surface area contributed by atoms with Crippen molar-refractivity contribution in [1.82, 2.24) is 4.57 Å². The minimum atomic E-state index is -0.542. The fraction of sp³-hybridized carbons (Fsp3) is 0.500. The summed E-state index contributed by atoms with van der Waals surface area (Å²) in [6.45, 7) is 6.24. The minimum Gasteiger partial charge on any atom is -0.408 e. The summed E-state index contributed by atoms with van der Waals surface area (Å²) in [5.41, 5.74) is 2.10. The van der Waals surface area contributed by atoms with Crippen molar-refractivity contribution >= 4 is 11.1 Å². The summed E-state index contributed by atoms with van der Waals surface area (Å²) in [5.74, 6) is -0.382. The fourth-order valence-corrected chi connectivity index (χ4v) is 2.06. The molecule has 1 atom stereocenters. The molecule has 0 aliphatic rings. The number of aromatic nitrogens is 1. The van der Waals surface area contributed by atoms with Crippen molar-refractivity contribution in [3.05, 3.63) is 34.3 Å². The van der Waals surface area contributed by atoms with E-state index in [0.29, 0.717) is 12.0 Å². The standard InChI is InChI=1S/C14H19NO3/c1-14(2,3)8-11(16)9-5-6-10-12(7-9)18-13(17)15(10)4/h5-7,11,16H,8H2,1-4H3. The van der Waals surface area contributed by atoms with Gasteiger partial charge in [0.25, 0.3) is 0 Å². The average molecular weight is 249 g/mol. The number of oxazole rings is 1. The van der Waals surface area contributed by atoms with Crippen LogP contribution in [0.15, 0.2) is 27.4 Å². The number of nitrogens with zero attached hydrogens (tertiary/aromatic N) is 1. The molecule has 1 unspecified atom stereocenters. The highest BCUT2D eigenvalue weighted by Gasteiger charge is 2.19. The molecule has 1 N–H and O–H groups in total. The molecule has 2 rings (SSSR count). The maximum Gasteiger partial charge on any atom is 0.419 e. The van der Waals surface area contributed by atoms with Gasteiger partial charge < -0.3 is 9.52 Å². The number of aliphatic hydroxyl groups excluding tert-OH is 1. The number of aryl methyl sites for hydroxylation is 1. The molecular weight excluding hydrogens is 230 g/mol. The molecule has 1 heterocycles. The van der Waals surface area contributed by atoms with Crippen molar-refractivity contribution in [2.45, 2.75) is 33.3 Å². The zero-order valence-corrected chi connectivity index (χ0v) is 11.2. The quantitative estimate of drug-likeness (QED) is 0.890. The zero-order valence-electron chi connectivity index (χ0n) is 11.2. The molecule has 0 bridgehead atoms. The lowest BCUT2D eigenvalue weighted by Crippen LogP contribution is -2.11. The van der Waals surface area contributed by atoms with E-state index in [1.54, 1.807) is 19.2 Å². The second kappa shape index (κ2) is 4.28. The second-order valence-electron chi connectivity index (χ2n) is 5.93. The lowest BCUT2D eigenvalue weighted by atomic mass is 9.87. The predicted octanol–water partition coefficient (Wildman–Crippen LogP) is 2.60. The van der Waals surface area contributed by atoms with E-state index in [0.717, 1.165) is 11.1 Å². The van der Waals surface area contributed by atoms with E-state index in [1.807, 2.05) is 6.07 Å². The number of hydrogen-bond acceptors (Lipinski definition) is 3. The molecule has 18 heavy (non-hydrogen) atoms. The van der Waals surface area contributed by atoms with Crippen LogP contribution in [0.3, 0.4) is 0 Å². The van der Waals surface area contributed by atoms with Gasteiger partial charge in [-0.1, -0.05) is 26.8 Å². The van der Waals surface area contributed by atoms with Gasteiger partial charge in [-0.25, -0.2) is 4.79 Å². The molecule has 0 saturated heterocycles. The third-order valence-electron chi connectivity index (χ3n) is 3.01. The summed E-state index contributed by atoms with van der Waals surface area (Å²) in [7, 11) is 1.67. The van der Waals surface area contributed by atoms with Gasteiger partial charge in [0.2, 0.25) is 0 Å². The van der Waals surface area contributed by atoms with Crippen molar-refractivity contribution in [2.24, 2.45) is 12.5 Å². The smallest absolute Gasteiger partial charge is 0.408 e. The molecular formula is C14H19NO3. The van der Waals surface area contributed by atoms with Gasteiger partial charge in [-0.05, 0) is 29.5 Å². The van der Waals surface area contributed by atoms with Gasteiger partial charge in [-0.3, -0.25) is 4.57 Å². The van der Waals surface area contributed by atoms with Gasteiger partial charge in [0.1, 0.15) is 0 Å². The Morgan fingerprint density at radius 2 is 2.06 bits per heavy atom. The van der Waals surface area contributed by atoms with E-state index in [9.17, 15) is 9.90 Å². The topological polar surface area (TPSA) is 55.4 Å². The van der Waals surface area contributed by atoms with Crippen LogP contribution in [0.4, 0.5) is 0 Å². The Bertz CT molecular complexity index is 616. The number of hydrogen-bond donors (Lipinski definition) is 1. The maximum absolute atomic E-state index is 11.4. The maximum atomic E-state index is 11.4. The molecule has 0 spiro atoms. The first-order valence-electron chi connectivity index (χ1n) is 6.05. The normalized spacial score (nSPS) is 14.1. The highest BCUT2D eigenvalue weighted by molar-refractivity contribution is 5.73. The molecule has 2 aromatic rings. The van der Waals surface area contributed by atoms with E-state index in [1.165, 1.54) is 4.57 Å². The molecule has 0 aliphatic carbocycles. The largest absolute Gasteiger partial charge is 0.419 e. The highest BCUT2D eigenvalue weighted by atomic mass is 16.4. The summed E-state index contributed by atoms with van der Waals surface area (Å²) < 4.78 is 6.57. The Hall–Kier alpha value is -1.55. The van der Waals surface area contributed by atoms with Crippen molar-refractivity contribution in [2.75, 3.05) is 0 Å². The average Bonchev–Trinajstić information content (AvgIpc) is 2.52. The van der Waals surface area contributed by atoms with Crippen LogP contribution in [-0.4, -0.2) is 9.67 Å². The molecule has 0 saturated carbocycles. The van der Waals surface area contributed by atoms with Gasteiger partial charge in [-0.2, -0.15) is 0 Å². The molecule has 98 valence electrons.